The van der Waals surface area contributed by atoms with Gasteiger partial charge < -0.3 is 19.1 Å². The Hall–Kier alpha value is -3.73. The van der Waals surface area contributed by atoms with Crippen LogP contribution in [0.4, 0.5) is 0 Å². The number of carbonyl (C=O) groups excluding carboxylic acids is 2. The van der Waals surface area contributed by atoms with Crippen molar-refractivity contribution in [2.45, 2.75) is 52.4 Å². The van der Waals surface area contributed by atoms with Crippen molar-refractivity contribution in [3.05, 3.63) is 65.3 Å². The van der Waals surface area contributed by atoms with E-state index in [1.807, 2.05) is 38.3 Å². The van der Waals surface area contributed by atoms with Crippen molar-refractivity contribution in [3.8, 4) is 10.7 Å². The number of tetrazole rings is 1. The lowest BCUT2D eigenvalue weighted by Gasteiger charge is -2.31. The van der Waals surface area contributed by atoms with Gasteiger partial charge in [0.25, 0.3) is 5.91 Å². The van der Waals surface area contributed by atoms with E-state index in [-0.39, 0.29) is 19.0 Å². The number of hydrogen-bond donors (Lipinski definition) is 1. The quantitative estimate of drug-likeness (QED) is 0.408. The lowest BCUT2D eigenvalue weighted by atomic mass is 10.1. The first-order chi connectivity index (χ1) is 16.2. The normalized spacial score (nSPS) is 12.5. The van der Waals surface area contributed by atoms with Gasteiger partial charge in [-0.1, -0.05) is 6.07 Å². The Morgan fingerprint density at radius 1 is 1.21 bits per heavy atom. The Morgan fingerprint density at radius 2 is 2.03 bits per heavy atom. The van der Waals surface area contributed by atoms with Gasteiger partial charge in [0.05, 0.1) is 17.7 Å². The minimum atomic E-state index is -1.02. The summed E-state index contributed by atoms with van der Waals surface area (Å²) in [7, 11) is 0. The Morgan fingerprint density at radius 3 is 2.65 bits per heavy atom. The molecule has 0 fully saturated rings. The maximum absolute atomic E-state index is 13.6. The maximum Gasteiger partial charge on any atom is 0.251 e. The van der Waals surface area contributed by atoms with Gasteiger partial charge in [0.15, 0.2) is 6.04 Å². The highest BCUT2D eigenvalue weighted by atomic mass is 32.1. The number of nitrogens with zero attached hydrogens (tertiary/aromatic N) is 5. The molecule has 0 unspecified atom stereocenters. The van der Waals surface area contributed by atoms with Crippen LogP contribution < -0.4 is 5.32 Å². The molecule has 4 rings (SSSR count). The third-order valence-electron chi connectivity index (χ3n) is 4.79. The van der Waals surface area contributed by atoms with Crippen LogP contribution in [0.15, 0.2) is 56.9 Å². The van der Waals surface area contributed by atoms with E-state index >= 15 is 0 Å². The molecule has 0 radical (unpaired) electrons. The lowest BCUT2D eigenvalue weighted by Crippen LogP contribution is -2.49. The molecule has 4 heterocycles. The number of hydrogen-bond acceptors (Lipinski definition) is 8. The molecule has 10 nitrogen and oxygen atoms in total. The molecule has 0 aliphatic rings. The van der Waals surface area contributed by atoms with Gasteiger partial charge in [0, 0.05) is 5.54 Å². The highest BCUT2D eigenvalue weighted by molar-refractivity contribution is 7.13. The zero-order valence-electron chi connectivity index (χ0n) is 19.4. The molecule has 178 valence electrons. The van der Waals surface area contributed by atoms with Gasteiger partial charge in [-0.3, -0.25) is 9.59 Å². The van der Waals surface area contributed by atoms with Crippen LogP contribution in [0, 0.1) is 6.92 Å². The molecule has 0 aliphatic carbocycles. The van der Waals surface area contributed by atoms with Crippen molar-refractivity contribution >= 4 is 23.2 Å². The van der Waals surface area contributed by atoms with Gasteiger partial charge in [-0.2, -0.15) is 4.80 Å². The molecule has 11 heteroatoms. The summed E-state index contributed by atoms with van der Waals surface area (Å²) in [5.41, 5.74) is -0.514. The number of aryl methyl sites for hydroxylation is 1. The van der Waals surface area contributed by atoms with E-state index in [4.69, 9.17) is 8.83 Å². The summed E-state index contributed by atoms with van der Waals surface area (Å²) in [5, 5.41) is 17.3. The molecule has 4 aromatic rings. The Kier molecular flexibility index (Phi) is 6.64. The largest absolute Gasteiger partial charge is 0.467 e. The fraction of sp³-hybridized carbons (Fsp3) is 0.348. The van der Waals surface area contributed by atoms with Gasteiger partial charge in [-0.05, 0) is 68.6 Å². The molecular formula is C23H26N6O4S. The number of nitrogens with one attached hydrogen (secondary N) is 1. The predicted octanol–water partition coefficient (Wildman–Crippen LogP) is 3.58. The van der Waals surface area contributed by atoms with Crippen LogP contribution in [0.5, 0.6) is 0 Å². The first-order valence-corrected chi connectivity index (χ1v) is 11.6. The number of amides is 2. The Balaban J connectivity index is 1.66. The summed E-state index contributed by atoms with van der Waals surface area (Å²) in [6.07, 6.45) is 1.52. The summed E-state index contributed by atoms with van der Waals surface area (Å²) < 4.78 is 11.3. The van der Waals surface area contributed by atoms with Crippen molar-refractivity contribution in [2.75, 3.05) is 0 Å². The summed E-state index contributed by atoms with van der Waals surface area (Å²) in [6, 6.07) is 9.68. The van der Waals surface area contributed by atoms with Crippen LogP contribution in [-0.2, 0) is 22.7 Å². The van der Waals surface area contributed by atoms with Gasteiger partial charge >= 0.3 is 0 Å². The van der Waals surface area contributed by atoms with Crippen molar-refractivity contribution in [2.24, 2.45) is 0 Å². The fourth-order valence-electron chi connectivity index (χ4n) is 3.38. The molecule has 34 heavy (non-hydrogen) atoms. The molecule has 1 atom stereocenters. The lowest BCUT2D eigenvalue weighted by molar-refractivity contribution is -0.144. The van der Waals surface area contributed by atoms with E-state index in [1.54, 1.807) is 31.2 Å². The van der Waals surface area contributed by atoms with Crippen LogP contribution >= 0.6 is 11.3 Å². The molecule has 0 bridgehead atoms. The van der Waals surface area contributed by atoms with Crippen molar-refractivity contribution in [3.63, 3.8) is 0 Å². The maximum atomic E-state index is 13.6. The van der Waals surface area contributed by atoms with Gasteiger partial charge in [-0.25, -0.2) is 0 Å². The molecule has 0 spiro atoms. The number of carbonyl (C=O) groups is 2. The standard InChI is InChI=1S/C23H26N6O4S/c1-15-9-10-17(33-15)20(22(31)24-23(2,3)4)28(13-16-7-5-11-32-16)19(30)14-29-26-21(25-27-29)18-8-6-12-34-18/h5-12,20H,13-14H2,1-4H3,(H,24,31)/t20-/m1/s1. The minimum absolute atomic E-state index is 0.0558. The van der Waals surface area contributed by atoms with E-state index in [9.17, 15) is 9.59 Å². The van der Waals surface area contributed by atoms with Gasteiger partial charge in [0.1, 0.15) is 23.8 Å². The summed E-state index contributed by atoms with van der Waals surface area (Å²) in [6.45, 7) is 7.25. The Bertz CT molecular complexity index is 1240. The zero-order chi connectivity index (χ0) is 24.3. The summed E-state index contributed by atoms with van der Waals surface area (Å²) in [4.78, 5) is 30.4. The van der Waals surface area contributed by atoms with E-state index < -0.39 is 17.5 Å². The first-order valence-electron chi connectivity index (χ1n) is 10.7. The molecular weight excluding hydrogens is 456 g/mol. The van der Waals surface area contributed by atoms with Crippen LogP contribution in [0.3, 0.4) is 0 Å². The smallest absolute Gasteiger partial charge is 0.251 e. The topological polar surface area (TPSA) is 119 Å². The molecule has 1 N–H and O–H groups in total. The predicted molar refractivity (Wildman–Crippen MR) is 124 cm³/mol. The highest BCUT2D eigenvalue weighted by Gasteiger charge is 2.36. The second-order valence-electron chi connectivity index (χ2n) is 8.81. The molecule has 0 saturated heterocycles. The van der Waals surface area contributed by atoms with Gasteiger partial charge in [0.2, 0.25) is 11.7 Å². The summed E-state index contributed by atoms with van der Waals surface area (Å²) in [5.74, 6) is 1.18. The van der Waals surface area contributed by atoms with Crippen LogP contribution in [0.2, 0.25) is 0 Å². The SMILES string of the molecule is Cc1ccc([C@H](C(=O)NC(C)(C)C)N(Cc2ccco2)C(=O)Cn2nnc(-c3cccs3)n2)o1. The second-order valence-corrected chi connectivity index (χ2v) is 9.76. The number of furan rings is 2. The third kappa shape index (κ3) is 5.60. The number of thiophene rings is 1. The van der Waals surface area contributed by atoms with E-state index in [2.05, 4.69) is 20.7 Å². The van der Waals surface area contributed by atoms with Crippen molar-refractivity contribution < 1.29 is 18.4 Å². The van der Waals surface area contributed by atoms with Crippen LogP contribution in [0.25, 0.3) is 10.7 Å². The van der Waals surface area contributed by atoms with Crippen molar-refractivity contribution in [1.82, 2.24) is 30.4 Å². The average Bonchev–Trinajstić information content (AvgIpc) is 3.55. The van der Waals surface area contributed by atoms with Crippen molar-refractivity contribution in [1.29, 1.82) is 0 Å². The average molecular weight is 483 g/mol. The first kappa shape index (κ1) is 23.4. The molecule has 0 aromatic carbocycles. The van der Waals surface area contributed by atoms with Crippen LogP contribution in [0.1, 0.15) is 44.1 Å². The van der Waals surface area contributed by atoms with Gasteiger partial charge in [-0.15, -0.1) is 21.5 Å². The van der Waals surface area contributed by atoms with E-state index in [0.717, 1.165) is 4.88 Å². The fourth-order valence-corrected chi connectivity index (χ4v) is 4.03. The Labute approximate surface area is 200 Å². The van der Waals surface area contributed by atoms with Crippen LogP contribution in [-0.4, -0.2) is 42.5 Å². The molecule has 0 aliphatic heterocycles. The monoisotopic (exact) mass is 482 g/mol. The third-order valence-corrected chi connectivity index (χ3v) is 5.65. The second kappa shape index (κ2) is 9.64. The molecule has 4 aromatic heterocycles. The molecule has 2 amide bonds. The van der Waals surface area contributed by atoms with E-state index in [0.29, 0.717) is 23.1 Å². The minimum Gasteiger partial charge on any atom is -0.467 e. The number of aromatic nitrogens is 4. The van der Waals surface area contributed by atoms with E-state index in [1.165, 1.54) is 27.3 Å². The summed E-state index contributed by atoms with van der Waals surface area (Å²) >= 11 is 1.48. The highest BCUT2D eigenvalue weighted by Crippen LogP contribution is 2.27. The number of rotatable bonds is 8. The zero-order valence-corrected chi connectivity index (χ0v) is 20.2. The molecule has 0 saturated carbocycles.